The summed E-state index contributed by atoms with van der Waals surface area (Å²) in [7, 11) is 0. The Kier molecular flexibility index (Phi) is 7.04. The van der Waals surface area contributed by atoms with Gasteiger partial charge in [0.05, 0.1) is 23.4 Å². The highest BCUT2D eigenvalue weighted by Gasteiger charge is 2.35. The van der Waals surface area contributed by atoms with Gasteiger partial charge in [-0.05, 0) is 43.2 Å². The van der Waals surface area contributed by atoms with E-state index in [9.17, 15) is 14.4 Å². The van der Waals surface area contributed by atoms with E-state index in [-0.39, 0.29) is 30.7 Å². The van der Waals surface area contributed by atoms with Crippen LogP contribution >= 0.6 is 15.9 Å². The number of imide groups is 1. The molecule has 0 atom stereocenters. The van der Waals surface area contributed by atoms with Gasteiger partial charge in [0.1, 0.15) is 5.75 Å². The molecule has 1 heterocycles. The Morgan fingerprint density at radius 2 is 1.83 bits per heavy atom. The van der Waals surface area contributed by atoms with Crippen LogP contribution in [0.25, 0.3) is 0 Å². The third-order valence-electron chi connectivity index (χ3n) is 4.63. The summed E-state index contributed by atoms with van der Waals surface area (Å²) in [5.41, 5.74) is 1.42. The molecule has 2 aromatic rings. The second-order valence-corrected chi connectivity index (χ2v) is 7.72. The molecular formula is C22H23BrN2O4. The molecule has 1 aliphatic rings. The lowest BCUT2D eigenvalue weighted by atomic mass is 10.1. The topological polar surface area (TPSA) is 75.7 Å². The zero-order valence-corrected chi connectivity index (χ0v) is 17.8. The average molecular weight is 459 g/mol. The number of hydrogen-bond acceptors (Lipinski definition) is 4. The van der Waals surface area contributed by atoms with Crippen molar-refractivity contribution in [1.82, 2.24) is 4.90 Å². The number of unbranched alkanes of at least 4 members (excludes halogenated alkanes) is 1. The molecule has 0 aliphatic carbocycles. The third-order valence-corrected chi connectivity index (χ3v) is 5.13. The Bertz CT molecular complexity index is 929. The molecule has 1 N–H and O–H groups in total. The lowest BCUT2D eigenvalue weighted by molar-refractivity contribution is -0.116. The van der Waals surface area contributed by atoms with Crippen molar-refractivity contribution in [3.63, 3.8) is 0 Å². The van der Waals surface area contributed by atoms with E-state index in [0.717, 1.165) is 17.3 Å². The SMILES string of the molecule is CCCCOc1ccccc1NC(=O)CCCN1C(=O)c2ccc(Br)cc2C1=O. The fourth-order valence-corrected chi connectivity index (χ4v) is 3.46. The fraction of sp³-hybridized carbons (Fsp3) is 0.318. The number of fused-ring (bicyclic) bond motifs is 1. The van der Waals surface area contributed by atoms with Crippen LogP contribution < -0.4 is 10.1 Å². The van der Waals surface area contributed by atoms with Crippen LogP contribution in [0.5, 0.6) is 5.75 Å². The van der Waals surface area contributed by atoms with Crippen molar-refractivity contribution >= 4 is 39.3 Å². The number of halogens is 1. The highest BCUT2D eigenvalue weighted by molar-refractivity contribution is 9.10. The molecule has 0 fully saturated rings. The minimum Gasteiger partial charge on any atom is -0.491 e. The molecule has 0 bridgehead atoms. The van der Waals surface area contributed by atoms with Gasteiger partial charge in [0.2, 0.25) is 5.91 Å². The van der Waals surface area contributed by atoms with Crippen LogP contribution in [0, 0.1) is 0 Å². The van der Waals surface area contributed by atoms with Crippen molar-refractivity contribution in [3.8, 4) is 5.75 Å². The Balaban J connectivity index is 1.52. The number of hydrogen-bond donors (Lipinski definition) is 1. The Labute approximate surface area is 178 Å². The molecule has 0 aromatic heterocycles. The van der Waals surface area contributed by atoms with Gasteiger partial charge in [-0.15, -0.1) is 0 Å². The van der Waals surface area contributed by atoms with E-state index in [1.165, 1.54) is 4.90 Å². The van der Waals surface area contributed by atoms with Gasteiger partial charge in [-0.2, -0.15) is 0 Å². The third kappa shape index (κ3) is 5.03. The van der Waals surface area contributed by atoms with Crippen LogP contribution in [0.1, 0.15) is 53.3 Å². The number of nitrogens with one attached hydrogen (secondary N) is 1. The first kappa shape index (κ1) is 21.0. The predicted octanol–water partition coefficient (Wildman–Crippen LogP) is 4.64. The van der Waals surface area contributed by atoms with Gasteiger partial charge in [0.15, 0.2) is 0 Å². The molecule has 2 aromatic carbocycles. The first-order valence-electron chi connectivity index (χ1n) is 9.68. The molecule has 0 saturated heterocycles. The molecule has 0 unspecified atom stereocenters. The van der Waals surface area contributed by atoms with E-state index in [2.05, 4.69) is 28.2 Å². The second kappa shape index (κ2) is 9.69. The second-order valence-electron chi connectivity index (χ2n) is 6.80. The lowest BCUT2D eigenvalue weighted by Crippen LogP contribution is -2.31. The van der Waals surface area contributed by atoms with Gasteiger partial charge in [-0.25, -0.2) is 0 Å². The number of ether oxygens (including phenoxy) is 1. The summed E-state index contributed by atoms with van der Waals surface area (Å²) in [6.45, 7) is 2.88. The lowest BCUT2D eigenvalue weighted by Gasteiger charge is -2.14. The molecular weight excluding hydrogens is 436 g/mol. The number of benzene rings is 2. The first-order chi connectivity index (χ1) is 14.0. The summed E-state index contributed by atoms with van der Waals surface area (Å²) in [4.78, 5) is 38.4. The van der Waals surface area contributed by atoms with Gasteiger partial charge in [-0.3, -0.25) is 19.3 Å². The van der Waals surface area contributed by atoms with Crippen LogP contribution in [0.3, 0.4) is 0 Å². The van der Waals surface area contributed by atoms with Gasteiger partial charge >= 0.3 is 0 Å². The molecule has 6 nitrogen and oxygen atoms in total. The maximum Gasteiger partial charge on any atom is 0.261 e. The highest BCUT2D eigenvalue weighted by atomic mass is 79.9. The normalized spacial score (nSPS) is 12.8. The quantitative estimate of drug-likeness (QED) is 0.438. The number of carbonyl (C=O) groups is 3. The first-order valence-corrected chi connectivity index (χ1v) is 10.5. The standard InChI is InChI=1S/C22H23BrN2O4/c1-2-3-13-29-19-8-5-4-7-18(19)24-20(26)9-6-12-25-21(27)16-11-10-15(23)14-17(16)22(25)28/h4-5,7-8,10-11,14H,2-3,6,9,12-13H2,1H3,(H,24,26). The molecule has 152 valence electrons. The molecule has 3 amide bonds. The number of para-hydroxylation sites is 2. The molecule has 3 rings (SSSR count). The van der Waals surface area contributed by atoms with Crippen molar-refractivity contribution in [1.29, 1.82) is 0 Å². The van der Waals surface area contributed by atoms with Gasteiger partial charge in [-0.1, -0.05) is 41.4 Å². The number of anilines is 1. The van der Waals surface area contributed by atoms with Crippen LogP contribution in [0.2, 0.25) is 0 Å². The van der Waals surface area contributed by atoms with Crippen LogP contribution in [0.4, 0.5) is 5.69 Å². The van der Waals surface area contributed by atoms with Crippen LogP contribution in [0.15, 0.2) is 46.9 Å². The smallest absolute Gasteiger partial charge is 0.261 e. The summed E-state index contributed by atoms with van der Waals surface area (Å²) in [5, 5.41) is 2.85. The molecule has 29 heavy (non-hydrogen) atoms. The van der Waals surface area contributed by atoms with Crippen molar-refractivity contribution in [3.05, 3.63) is 58.1 Å². The van der Waals surface area contributed by atoms with Crippen LogP contribution in [-0.4, -0.2) is 35.8 Å². The number of nitrogens with zero attached hydrogens (tertiary/aromatic N) is 1. The minimum atomic E-state index is -0.318. The zero-order valence-electron chi connectivity index (χ0n) is 16.2. The summed E-state index contributed by atoms with van der Waals surface area (Å²) < 4.78 is 6.47. The molecule has 1 aliphatic heterocycles. The summed E-state index contributed by atoms with van der Waals surface area (Å²) >= 11 is 3.32. The maximum atomic E-state index is 12.5. The summed E-state index contributed by atoms with van der Waals surface area (Å²) in [6.07, 6.45) is 2.56. The van der Waals surface area contributed by atoms with E-state index >= 15 is 0 Å². The minimum absolute atomic E-state index is 0.184. The molecule has 7 heteroatoms. The average Bonchev–Trinajstić information content (AvgIpc) is 2.93. The Hall–Kier alpha value is -2.67. The Morgan fingerprint density at radius 3 is 2.62 bits per heavy atom. The molecule has 0 spiro atoms. The van der Waals surface area contributed by atoms with E-state index in [1.54, 1.807) is 24.3 Å². The van der Waals surface area contributed by atoms with E-state index in [4.69, 9.17) is 4.74 Å². The number of carbonyl (C=O) groups excluding carboxylic acids is 3. The number of rotatable bonds is 9. The highest BCUT2D eigenvalue weighted by Crippen LogP contribution is 2.27. The summed E-state index contributed by atoms with van der Waals surface area (Å²) in [5.74, 6) is -0.176. The van der Waals surface area contributed by atoms with Crippen LogP contribution in [-0.2, 0) is 4.79 Å². The molecule has 0 saturated carbocycles. The van der Waals surface area contributed by atoms with Crippen molar-refractivity contribution in [2.75, 3.05) is 18.5 Å². The predicted molar refractivity (Wildman–Crippen MR) is 114 cm³/mol. The van der Waals surface area contributed by atoms with E-state index in [0.29, 0.717) is 35.6 Å². The summed E-state index contributed by atoms with van der Waals surface area (Å²) in [6, 6.07) is 12.3. The number of amides is 3. The fourth-order valence-electron chi connectivity index (χ4n) is 3.10. The van der Waals surface area contributed by atoms with E-state index < -0.39 is 0 Å². The molecule has 0 radical (unpaired) electrons. The van der Waals surface area contributed by atoms with E-state index in [1.807, 2.05) is 18.2 Å². The Morgan fingerprint density at radius 1 is 1.07 bits per heavy atom. The largest absolute Gasteiger partial charge is 0.491 e. The monoisotopic (exact) mass is 458 g/mol. The maximum absolute atomic E-state index is 12.5. The van der Waals surface area contributed by atoms with Gasteiger partial charge in [0, 0.05) is 17.4 Å². The van der Waals surface area contributed by atoms with Crippen molar-refractivity contribution in [2.24, 2.45) is 0 Å². The zero-order chi connectivity index (χ0) is 20.8. The van der Waals surface area contributed by atoms with Crippen molar-refractivity contribution < 1.29 is 19.1 Å². The van der Waals surface area contributed by atoms with Gasteiger partial charge < -0.3 is 10.1 Å². The van der Waals surface area contributed by atoms with Crippen molar-refractivity contribution in [2.45, 2.75) is 32.6 Å². The van der Waals surface area contributed by atoms with Gasteiger partial charge in [0.25, 0.3) is 11.8 Å².